The molecule has 38 heavy (non-hydrogen) atoms. The molecule has 6 nitrogen and oxygen atoms in total. The average Bonchev–Trinajstić information content (AvgIpc) is 2.89. The van der Waals surface area contributed by atoms with E-state index in [-0.39, 0.29) is 12.5 Å². The van der Waals surface area contributed by atoms with Crippen LogP contribution in [-0.2, 0) is 32.2 Å². The van der Waals surface area contributed by atoms with E-state index in [1.165, 1.54) is 77.6 Å². The number of hydrogen-bond acceptors (Lipinski definition) is 5. The highest BCUT2D eigenvalue weighted by molar-refractivity contribution is 7.85. The predicted octanol–water partition coefficient (Wildman–Crippen LogP) is 7.80. The van der Waals surface area contributed by atoms with Gasteiger partial charge in [0.1, 0.15) is 5.75 Å². The summed E-state index contributed by atoms with van der Waals surface area (Å²) in [6, 6.07) is 15.0. The third-order valence-electron chi connectivity index (χ3n) is 6.57. The largest absolute Gasteiger partial charge is 0.494 e. The van der Waals surface area contributed by atoms with Gasteiger partial charge in [0, 0.05) is 12.6 Å². The molecule has 0 heterocycles. The van der Waals surface area contributed by atoms with Gasteiger partial charge in [-0.15, -0.1) is 0 Å². The van der Waals surface area contributed by atoms with Gasteiger partial charge < -0.3 is 9.64 Å². The molecule has 0 N–H and O–H groups in total. The molecule has 2 aromatic carbocycles. The number of carbonyl (C=O) groups is 1. The van der Waals surface area contributed by atoms with Gasteiger partial charge in [-0.3, -0.25) is 8.98 Å². The van der Waals surface area contributed by atoms with Crippen molar-refractivity contribution in [1.29, 1.82) is 0 Å². The van der Waals surface area contributed by atoms with Crippen molar-refractivity contribution in [2.75, 3.05) is 17.8 Å². The van der Waals surface area contributed by atoms with Crippen molar-refractivity contribution < 1.29 is 22.1 Å². The molecule has 1 amide bonds. The molecule has 0 unspecified atom stereocenters. The van der Waals surface area contributed by atoms with Crippen molar-refractivity contribution in [2.24, 2.45) is 0 Å². The van der Waals surface area contributed by atoms with Crippen molar-refractivity contribution in [2.45, 2.75) is 104 Å². The van der Waals surface area contributed by atoms with Gasteiger partial charge in [-0.2, -0.15) is 8.42 Å². The van der Waals surface area contributed by atoms with E-state index >= 15 is 0 Å². The zero-order valence-electron chi connectivity index (χ0n) is 23.6. The summed E-state index contributed by atoms with van der Waals surface area (Å²) in [4.78, 5) is 14.0. The summed E-state index contributed by atoms with van der Waals surface area (Å²) in [5.41, 5.74) is 2.36. The fraction of sp³-hybridized carbons (Fsp3) is 0.581. The lowest BCUT2D eigenvalue weighted by molar-refractivity contribution is -0.116. The maximum absolute atomic E-state index is 12.4. The Morgan fingerprint density at radius 1 is 0.789 bits per heavy atom. The fourth-order valence-corrected chi connectivity index (χ4v) is 4.73. The normalized spacial score (nSPS) is 11.4. The molecule has 0 bridgehead atoms. The lowest BCUT2D eigenvalue weighted by Gasteiger charge is -2.22. The molecule has 0 radical (unpaired) electrons. The number of benzene rings is 2. The van der Waals surface area contributed by atoms with Crippen LogP contribution in [0.1, 0.15) is 102 Å². The highest BCUT2D eigenvalue weighted by atomic mass is 32.2. The maximum Gasteiger partial charge on any atom is 0.264 e. The number of rotatable bonds is 20. The fourth-order valence-electron chi connectivity index (χ4n) is 4.38. The molecular weight excluding hydrogens is 498 g/mol. The number of nitrogens with zero attached hydrogens (tertiary/aromatic N) is 1. The Bertz CT molecular complexity index is 1040. The summed E-state index contributed by atoms with van der Waals surface area (Å²) >= 11 is 0. The topological polar surface area (TPSA) is 72.9 Å². The number of amides is 1. The van der Waals surface area contributed by atoms with Gasteiger partial charge in [0.25, 0.3) is 10.1 Å². The van der Waals surface area contributed by atoms with Crippen LogP contribution in [0.4, 0.5) is 5.69 Å². The Kier molecular flexibility index (Phi) is 15.1. The lowest BCUT2D eigenvalue weighted by atomic mass is 10.1. The van der Waals surface area contributed by atoms with Crippen LogP contribution in [0.2, 0.25) is 0 Å². The summed E-state index contributed by atoms with van der Waals surface area (Å²) in [5.74, 6) is 0.740. The molecule has 7 heteroatoms. The maximum atomic E-state index is 12.4. The molecule has 0 aliphatic carbocycles. The van der Waals surface area contributed by atoms with Crippen molar-refractivity contribution in [3.63, 3.8) is 0 Å². The minimum Gasteiger partial charge on any atom is -0.494 e. The molecule has 0 aromatic heterocycles. The third-order valence-corrected chi connectivity index (χ3v) is 7.12. The number of ether oxygens (including phenoxy) is 1. The highest BCUT2D eigenvalue weighted by Crippen LogP contribution is 2.22. The minimum atomic E-state index is -3.54. The zero-order valence-corrected chi connectivity index (χ0v) is 24.4. The van der Waals surface area contributed by atoms with E-state index in [2.05, 4.69) is 6.92 Å². The summed E-state index contributed by atoms with van der Waals surface area (Å²) in [6.07, 6.45) is 16.9. The summed E-state index contributed by atoms with van der Waals surface area (Å²) in [7, 11) is -3.54. The van der Waals surface area contributed by atoms with Crippen LogP contribution in [0.5, 0.6) is 5.75 Å². The minimum absolute atomic E-state index is 0.0658. The van der Waals surface area contributed by atoms with Gasteiger partial charge in [-0.1, -0.05) is 102 Å². The smallest absolute Gasteiger partial charge is 0.264 e. The van der Waals surface area contributed by atoms with E-state index in [0.29, 0.717) is 17.8 Å². The Balaban J connectivity index is 1.69. The van der Waals surface area contributed by atoms with E-state index in [1.54, 1.807) is 23.1 Å². The monoisotopic (exact) mass is 545 g/mol. The van der Waals surface area contributed by atoms with Crippen LogP contribution in [0, 0.1) is 0 Å². The molecule has 0 aliphatic heterocycles. The molecule has 0 aliphatic rings. The van der Waals surface area contributed by atoms with Crippen LogP contribution in [0.3, 0.4) is 0 Å². The van der Waals surface area contributed by atoms with Gasteiger partial charge in [0.05, 0.1) is 26.0 Å². The Labute approximate surface area is 230 Å². The molecule has 0 fully saturated rings. The predicted molar refractivity (Wildman–Crippen MR) is 156 cm³/mol. The standard InChI is InChI=1S/C31H47NO5S/c1-4-5-6-7-8-9-10-11-12-13-14-15-23-36-31-21-19-28(20-22-31)25-32(27(2)33)30-18-16-17-29(24-30)26-37-38(3,34)35/h16-22,24H,4-15,23,25-26H2,1-3H3. The molecule has 212 valence electrons. The summed E-state index contributed by atoms with van der Waals surface area (Å²) in [5, 5.41) is 0. The first-order valence-electron chi connectivity index (χ1n) is 14.2. The van der Waals surface area contributed by atoms with Gasteiger partial charge in [0.15, 0.2) is 0 Å². The third kappa shape index (κ3) is 14.0. The number of unbranched alkanes of at least 4 members (excludes halogenated alkanes) is 11. The molecule has 0 spiro atoms. The van der Waals surface area contributed by atoms with Gasteiger partial charge in [0.2, 0.25) is 5.91 Å². The summed E-state index contributed by atoms with van der Waals surface area (Å²) in [6.45, 7) is 4.85. The van der Waals surface area contributed by atoms with Crippen LogP contribution < -0.4 is 9.64 Å². The first-order chi connectivity index (χ1) is 18.3. The quantitative estimate of drug-likeness (QED) is 0.125. The van der Waals surface area contributed by atoms with Gasteiger partial charge >= 0.3 is 0 Å². The van der Waals surface area contributed by atoms with Crippen LogP contribution in [-0.4, -0.2) is 27.2 Å². The van der Waals surface area contributed by atoms with Crippen molar-refractivity contribution in [3.8, 4) is 5.75 Å². The van der Waals surface area contributed by atoms with E-state index in [1.807, 2.05) is 30.3 Å². The number of anilines is 1. The Hall–Kier alpha value is -2.38. The van der Waals surface area contributed by atoms with E-state index in [0.717, 1.165) is 30.6 Å². The van der Waals surface area contributed by atoms with Crippen LogP contribution in [0.15, 0.2) is 48.5 Å². The zero-order chi connectivity index (χ0) is 27.6. The van der Waals surface area contributed by atoms with E-state index < -0.39 is 10.1 Å². The second kappa shape index (κ2) is 18.0. The molecule has 2 aromatic rings. The first-order valence-corrected chi connectivity index (χ1v) is 16.0. The average molecular weight is 546 g/mol. The van der Waals surface area contributed by atoms with E-state index in [4.69, 9.17) is 8.92 Å². The number of hydrogen-bond donors (Lipinski definition) is 0. The molecule has 0 atom stereocenters. The van der Waals surface area contributed by atoms with Gasteiger partial charge in [-0.25, -0.2) is 0 Å². The lowest BCUT2D eigenvalue weighted by Crippen LogP contribution is -2.27. The molecule has 2 rings (SSSR count). The summed E-state index contributed by atoms with van der Waals surface area (Å²) < 4.78 is 33.4. The SMILES string of the molecule is CCCCCCCCCCCCCCOc1ccc(CN(C(C)=O)c2cccc(COS(C)(=O)=O)c2)cc1. The van der Waals surface area contributed by atoms with Crippen molar-refractivity contribution in [3.05, 3.63) is 59.7 Å². The van der Waals surface area contributed by atoms with Crippen LogP contribution in [0.25, 0.3) is 0 Å². The van der Waals surface area contributed by atoms with Crippen molar-refractivity contribution in [1.82, 2.24) is 0 Å². The van der Waals surface area contributed by atoms with Gasteiger partial charge in [-0.05, 0) is 41.8 Å². The van der Waals surface area contributed by atoms with Crippen LogP contribution >= 0.6 is 0 Å². The van der Waals surface area contributed by atoms with Crippen molar-refractivity contribution >= 4 is 21.7 Å². The second-order valence-electron chi connectivity index (χ2n) is 10.1. The highest BCUT2D eigenvalue weighted by Gasteiger charge is 2.13. The molecular formula is C31H47NO5S. The first kappa shape index (κ1) is 31.8. The van der Waals surface area contributed by atoms with E-state index in [9.17, 15) is 13.2 Å². The number of carbonyl (C=O) groups excluding carboxylic acids is 1. The second-order valence-corrected chi connectivity index (χ2v) is 11.8. The molecule has 0 saturated carbocycles. The Morgan fingerprint density at radius 2 is 1.37 bits per heavy atom. The molecule has 0 saturated heterocycles. The Morgan fingerprint density at radius 3 is 1.92 bits per heavy atom.